The van der Waals surface area contributed by atoms with Crippen LogP contribution in [0, 0.1) is 19.8 Å². The molecule has 0 aliphatic heterocycles. The van der Waals surface area contributed by atoms with E-state index in [9.17, 15) is 13.2 Å². The van der Waals surface area contributed by atoms with Crippen molar-refractivity contribution < 1.29 is 17.9 Å². The normalized spacial score (nSPS) is 13.6. The quantitative estimate of drug-likeness (QED) is 0.795. The number of aromatic nitrogens is 2. The molecule has 1 aromatic rings. The lowest BCUT2D eigenvalue weighted by Gasteiger charge is -2.20. The smallest absolute Gasteiger partial charge is 0.309 e. The number of ether oxygens (including phenoxy) is 1. The molecule has 0 aliphatic rings. The summed E-state index contributed by atoms with van der Waals surface area (Å²) in [7, 11) is -0.955. The molecule has 1 rings (SSSR count). The Bertz CT molecular complexity index is 545. The van der Waals surface area contributed by atoms with E-state index in [2.05, 4.69) is 14.9 Å². The molecule has 0 fully saturated rings. The average Bonchev–Trinajstić information content (AvgIpc) is 2.68. The van der Waals surface area contributed by atoms with Gasteiger partial charge in [0.15, 0.2) is 0 Å². The number of rotatable bonds is 5. The molecule has 1 aromatic heterocycles. The molecule has 0 bridgehead atoms. The summed E-state index contributed by atoms with van der Waals surface area (Å²) in [5.74, 6) is -0.972. The maximum Gasteiger partial charge on any atom is 0.309 e. The van der Waals surface area contributed by atoms with Crippen molar-refractivity contribution in [2.75, 3.05) is 20.7 Å². The average molecular weight is 289 g/mol. The van der Waals surface area contributed by atoms with Crippen LogP contribution in [0.4, 0.5) is 0 Å². The lowest BCUT2D eigenvalue weighted by atomic mass is 10.2. The van der Waals surface area contributed by atoms with Gasteiger partial charge in [0.25, 0.3) is 0 Å². The van der Waals surface area contributed by atoms with Gasteiger partial charge in [0.1, 0.15) is 4.90 Å². The molecule has 0 amide bonds. The minimum Gasteiger partial charge on any atom is -0.469 e. The van der Waals surface area contributed by atoms with Gasteiger partial charge in [-0.05, 0) is 13.8 Å². The van der Waals surface area contributed by atoms with E-state index in [0.29, 0.717) is 11.4 Å². The van der Waals surface area contributed by atoms with Crippen LogP contribution in [0.3, 0.4) is 0 Å². The Morgan fingerprint density at radius 1 is 1.47 bits per heavy atom. The highest BCUT2D eigenvalue weighted by molar-refractivity contribution is 7.89. The lowest BCUT2D eigenvalue weighted by Crippen LogP contribution is -2.34. The fourth-order valence-electron chi connectivity index (χ4n) is 1.84. The molecule has 1 atom stereocenters. The summed E-state index contributed by atoms with van der Waals surface area (Å²) in [5, 5.41) is 6.51. The van der Waals surface area contributed by atoms with Crippen LogP contribution < -0.4 is 0 Å². The van der Waals surface area contributed by atoms with Gasteiger partial charge in [-0.25, -0.2) is 8.42 Å². The summed E-state index contributed by atoms with van der Waals surface area (Å²) in [5.41, 5.74) is 0.894. The van der Waals surface area contributed by atoms with Crippen LogP contribution in [0.15, 0.2) is 4.90 Å². The zero-order valence-electron chi connectivity index (χ0n) is 11.7. The van der Waals surface area contributed by atoms with Crippen molar-refractivity contribution in [1.29, 1.82) is 0 Å². The number of carbonyl (C=O) groups is 1. The van der Waals surface area contributed by atoms with E-state index in [4.69, 9.17) is 0 Å². The van der Waals surface area contributed by atoms with Gasteiger partial charge in [-0.1, -0.05) is 6.92 Å². The highest BCUT2D eigenvalue weighted by Gasteiger charge is 2.29. The predicted octanol–water partition coefficient (Wildman–Crippen LogP) is 0.456. The maximum atomic E-state index is 12.4. The van der Waals surface area contributed by atoms with Crippen molar-refractivity contribution in [3.05, 3.63) is 11.4 Å². The van der Waals surface area contributed by atoms with Crippen molar-refractivity contribution in [3.8, 4) is 0 Å². The number of nitrogens with zero attached hydrogens (tertiary/aromatic N) is 2. The van der Waals surface area contributed by atoms with E-state index in [1.807, 2.05) is 0 Å². The molecule has 0 aliphatic carbocycles. The number of nitrogens with one attached hydrogen (secondary N) is 1. The van der Waals surface area contributed by atoms with Crippen molar-refractivity contribution >= 4 is 16.0 Å². The molecule has 0 spiro atoms. The van der Waals surface area contributed by atoms with Gasteiger partial charge in [0.05, 0.1) is 24.4 Å². The van der Waals surface area contributed by atoms with E-state index in [1.54, 1.807) is 20.8 Å². The zero-order valence-corrected chi connectivity index (χ0v) is 12.5. The Hall–Kier alpha value is -1.41. The number of methoxy groups -OCH3 is 1. The summed E-state index contributed by atoms with van der Waals surface area (Å²) in [6.07, 6.45) is 0. The number of aromatic amines is 1. The van der Waals surface area contributed by atoms with E-state index in [1.165, 1.54) is 14.2 Å². The molecule has 0 radical (unpaired) electrons. The summed E-state index contributed by atoms with van der Waals surface area (Å²) in [4.78, 5) is 11.5. The molecule has 1 unspecified atom stereocenters. The van der Waals surface area contributed by atoms with Gasteiger partial charge in [-0.2, -0.15) is 9.40 Å². The van der Waals surface area contributed by atoms with E-state index < -0.39 is 21.9 Å². The monoisotopic (exact) mass is 289 g/mol. The second-order valence-electron chi connectivity index (χ2n) is 4.47. The molecular formula is C11H19N3O4S. The highest BCUT2D eigenvalue weighted by atomic mass is 32.2. The number of esters is 1. The Labute approximate surface area is 113 Å². The van der Waals surface area contributed by atoms with Gasteiger partial charge in [0, 0.05) is 13.6 Å². The van der Waals surface area contributed by atoms with E-state index in [-0.39, 0.29) is 11.4 Å². The van der Waals surface area contributed by atoms with Gasteiger partial charge in [0.2, 0.25) is 10.0 Å². The number of hydrogen-bond acceptors (Lipinski definition) is 5. The summed E-state index contributed by atoms with van der Waals surface area (Å²) < 4.78 is 30.5. The Balaban J connectivity index is 2.99. The molecule has 0 saturated carbocycles. The van der Waals surface area contributed by atoms with Crippen LogP contribution in [-0.4, -0.2) is 49.6 Å². The summed E-state index contributed by atoms with van der Waals surface area (Å²) >= 11 is 0. The summed E-state index contributed by atoms with van der Waals surface area (Å²) in [6.45, 7) is 4.93. The van der Waals surface area contributed by atoms with Crippen LogP contribution in [0.1, 0.15) is 18.3 Å². The Morgan fingerprint density at radius 3 is 2.47 bits per heavy atom. The van der Waals surface area contributed by atoms with Crippen LogP contribution >= 0.6 is 0 Å². The highest BCUT2D eigenvalue weighted by Crippen LogP contribution is 2.21. The Morgan fingerprint density at radius 2 is 2.05 bits per heavy atom. The van der Waals surface area contributed by atoms with Crippen LogP contribution in [0.25, 0.3) is 0 Å². The molecule has 0 saturated heterocycles. The third kappa shape index (κ3) is 3.13. The number of H-pyrrole nitrogens is 1. The topological polar surface area (TPSA) is 92.4 Å². The molecule has 108 valence electrons. The van der Waals surface area contributed by atoms with Gasteiger partial charge in [-0.15, -0.1) is 0 Å². The molecule has 8 heteroatoms. The largest absolute Gasteiger partial charge is 0.469 e. The minimum atomic E-state index is -3.66. The molecule has 1 N–H and O–H groups in total. The van der Waals surface area contributed by atoms with Crippen molar-refractivity contribution in [2.45, 2.75) is 25.7 Å². The number of aryl methyl sites for hydroxylation is 2. The second-order valence-corrected chi connectivity index (χ2v) is 6.45. The fourth-order valence-corrected chi connectivity index (χ4v) is 3.42. The van der Waals surface area contributed by atoms with Crippen LogP contribution in [-0.2, 0) is 19.6 Å². The molecule has 7 nitrogen and oxygen atoms in total. The first-order valence-electron chi connectivity index (χ1n) is 5.77. The first-order valence-corrected chi connectivity index (χ1v) is 7.21. The van der Waals surface area contributed by atoms with Crippen LogP contribution in [0.5, 0.6) is 0 Å². The maximum absolute atomic E-state index is 12.4. The first kappa shape index (κ1) is 15.6. The minimum absolute atomic E-state index is 0.0546. The van der Waals surface area contributed by atoms with Crippen molar-refractivity contribution in [3.63, 3.8) is 0 Å². The van der Waals surface area contributed by atoms with Gasteiger partial charge in [-0.3, -0.25) is 9.89 Å². The fraction of sp³-hybridized carbons (Fsp3) is 0.636. The van der Waals surface area contributed by atoms with E-state index >= 15 is 0 Å². The standard InChI is InChI=1S/C11H19N3O4S/c1-7(11(15)18-5)6-14(4)19(16,17)10-8(2)12-13-9(10)3/h7H,6H2,1-5H3,(H,12,13). The first-order chi connectivity index (χ1) is 8.71. The predicted molar refractivity (Wildman–Crippen MR) is 69.1 cm³/mol. The molecule has 1 heterocycles. The molecular weight excluding hydrogens is 270 g/mol. The number of sulfonamides is 1. The number of hydrogen-bond donors (Lipinski definition) is 1. The molecule has 0 aromatic carbocycles. The van der Waals surface area contributed by atoms with Crippen molar-refractivity contribution in [2.24, 2.45) is 5.92 Å². The third-order valence-electron chi connectivity index (χ3n) is 2.86. The SMILES string of the molecule is COC(=O)C(C)CN(C)S(=O)(=O)c1c(C)n[nH]c1C. The van der Waals surface area contributed by atoms with Crippen LogP contribution in [0.2, 0.25) is 0 Å². The summed E-state index contributed by atoms with van der Waals surface area (Å²) in [6, 6.07) is 0. The Kier molecular flexibility index (Phi) is 4.70. The van der Waals surface area contributed by atoms with Crippen molar-refractivity contribution in [1.82, 2.24) is 14.5 Å². The van der Waals surface area contributed by atoms with Gasteiger partial charge < -0.3 is 4.74 Å². The zero-order chi connectivity index (χ0) is 14.8. The third-order valence-corrected chi connectivity index (χ3v) is 4.95. The van der Waals surface area contributed by atoms with Gasteiger partial charge >= 0.3 is 5.97 Å². The second kappa shape index (κ2) is 5.70. The lowest BCUT2D eigenvalue weighted by molar-refractivity contribution is -0.144. The van der Waals surface area contributed by atoms with E-state index in [0.717, 1.165) is 4.31 Å². The number of carbonyl (C=O) groups excluding carboxylic acids is 1. The molecule has 19 heavy (non-hydrogen) atoms.